The Labute approximate surface area is 194 Å². The number of carbonyl (C=O) groups is 2. The molecule has 1 atom stereocenters. The van der Waals surface area contributed by atoms with Gasteiger partial charge in [-0.15, -0.1) is 0 Å². The fourth-order valence-corrected chi connectivity index (χ4v) is 5.06. The second kappa shape index (κ2) is 10.1. The molecule has 0 aliphatic carbocycles. The van der Waals surface area contributed by atoms with Crippen LogP contribution in [0.5, 0.6) is 0 Å². The van der Waals surface area contributed by atoms with Crippen LogP contribution in [-0.4, -0.2) is 61.7 Å². The van der Waals surface area contributed by atoms with Crippen molar-refractivity contribution in [1.82, 2.24) is 14.5 Å². The average Bonchev–Trinajstić information content (AvgIpc) is 2.82. The molecule has 1 heterocycles. The Morgan fingerprint density at radius 2 is 1.55 bits per heavy atom. The highest BCUT2D eigenvalue weighted by molar-refractivity contribution is 7.89. The molecule has 0 radical (unpaired) electrons. The third-order valence-electron chi connectivity index (χ3n) is 5.70. The molecule has 174 valence electrons. The Hall–Kier alpha value is -3.22. The van der Waals surface area contributed by atoms with Gasteiger partial charge in [0.25, 0.3) is 5.91 Å². The molecule has 9 heteroatoms. The summed E-state index contributed by atoms with van der Waals surface area (Å²) in [5.41, 5.74) is 1.91. The molecule has 0 bridgehead atoms. The molecular formula is C24H28N4O4S. The van der Waals surface area contributed by atoms with E-state index in [9.17, 15) is 18.0 Å². The Bertz CT molecular complexity index is 1140. The Kier molecular flexibility index (Phi) is 7.51. The summed E-state index contributed by atoms with van der Waals surface area (Å²) in [5, 5.41) is 11.7. The van der Waals surface area contributed by atoms with Crippen molar-refractivity contribution >= 4 is 21.8 Å². The van der Waals surface area contributed by atoms with Crippen molar-refractivity contribution in [2.45, 2.75) is 31.7 Å². The highest BCUT2D eigenvalue weighted by atomic mass is 32.2. The zero-order chi connectivity index (χ0) is 24.2. The standard InChI is InChI=1S/C24H28N4O4S/c1-17(2)22(26-23(29)20-8-4-18(3)5-9-20)24(30)27-12-14-28(15-13-27)33(31,32)21-10-6-19(16-25)7-11-21/h4-11,17,22H,12-15H2,1-3H3,(H,26,29)/t22-/m0/s1. The number of nitrogens with zero attached hydrogens (tertiary/aromatic N) is 3. The molecule has 8 nitrogen and oxygen atoms in total. The van der Waals surface area contributed by atoms with Crippen LogP contribution < -0.4 is 5.32 Å². The number of amides is 2. The van der Waals surface area contributed by atoms with E-state index in [-0.39, 0.29) is 48.8 Å². The lowest BCUT2D eigenvalue weighted by atomic mass is 10.0. The fourth-order valence-electron chi connectivity index (χ4n) is 3.64. The lowest BCUT2D eigenvalue weighted by Crippen LogP contribution is -2.57. The largest absolute Gasteiger partial charge is 0.340 e. The summed E-state index contributed by atoms with van der Waals surface area (Å²) in [6, 6.07) is 14.2. The maximum Gasteiger partial charge on any atom is 0.251 e. The fraction of sp³-hybridized carbons (Fsp3) is 0.375. The van der Waals surface area contributed by atoms with Crippen LogP contribution in [-0.2, 0) is 14.8 Å². The number of sulfonamides is 1. The average molecular weight is 469 g/mol. The van der Waals surface area contributed by atoms with Crippen LogP contribution in [0.25, 0.3) is 0 Å². The van der Waals surface area contributed by atoms with Crippen LogP contribution in [0.15, 0.2) is 53.4 Å². The van der Waals surface area contributed by atoms with Gasteiger partial charge in [-0.25, -0.2) is 8.42 Å². The summed E-state index contributed by atoms with van der Waals surface area (Å²) in [6.45, 7) is 6.45. The number of benzene rings is 2. The number of nitrogens with one attached hydrogen (secondary N) is 1. The third kappa shape index (κ3) is 5.59. The first-order valence-corrected chi connectivity index (χ1v) is 12.2. The summed E-state index contributed by atoms with van der Waals surface area (Å²) in [6.07, 6.45) is 0. The highest BCUT2D eigenvalue weighted by Crippen LogP contribution is 2.19. The predicted octanol–water partition coefficient (Wildman–Crippen LogP) is 2.15. The smallest absolute Gasteiger partial charge is 0.251 e. The minimum atomic E-state index is -3.72. The molecule has 1 N–H and O–H groups in total. The molecule has 1 saturated heterocycles. The van der Waals surface area contributed by atoms with Gasteiger partial charge in [-0.1, -0.05) is 31.5 Å². The lowest BCUT2D eigenvalue weighted by Gasteiger charge is -2.36. The van der Waals surface area contributed by atoms with Crippen molar-refractivity contribution in [3.8, 4) is 6.07 Å². The molecule has 0 spiro atoms. The second-order valence-electron chi connectivity index (χ2n) is 8.43. The molecule has 1 aliphatic heterocycles. The summed E-state index contributed by atoms with van der Waals surface area (Å²) in [5.74, 6) is -0.669. The van der Waals surface area contributed by atoms with E-state index in [0.29, 0.717) is 11.1 Å². The van der Waals surface area contributed by atoms with Gasteiger partial charge in [0, 0.05) is 31.7 Å². The lowest BCUT2D eigenvalue weighted by molar-refractivity contribution is -0.135. The number of nitriles is 1. The van der Waals surface area contributed by atoms with Gasteiger partial charge in [-0.05, 0) is 49.2 Å². The van der Waals surface area contributed by atoms with Gasteiger partial charge in [0.15, 0.2) is 0 Å². The number of rotatable bonds is 6. The highest BCUT2D eigenvalue weighted by Gasteiger charge is 2.34. The van der Waals surface area contributed by atoms with E-state index in [1.165, 1.54) is 28.6 Å². The maximum atomic E-state index is 13.2. The van der Waals surface area contributed by atoms with E-state index in [1.54, 1.807) is 17.0 Å². The number of aryl methyl sites for hydroxylation is 1. The quantitative estimate of drug-likeness (QED) is 0.698. The normalized spacial score (nSPS) is 15.7. The van der Waals surface area contributed by atoms with Crippen LogP contribution in [0.2, 0.25) is 0 Å². The van der Waals surface area contributed by atoms with Gasteiger partial charge < -0.3 is 10.2 Å². The number of piperazine rings is 1. The topological polar surface area (TPSA) is 111 Å². The van der Waals surface area contributed by atoms with Gasteiger partial charge in [-0.3, -0.25) is 9.59 Å². The molecule has 0 saturated carbocycles. The van der Waals surface area contributed by atoms with E-state index in [1.807, 2.05) is 39.0 Å². The van der Waals surface area contributed by atoms with Gasteiger partial charge >= 0.3 is 0 Å². The molecule has 0 aromatic heterocycles. The van der Waals surface area contributed by atoms with Crippen LogP contribution in [0.4, 0.5) is 0 Å². The molecule has 1 aliphatic rings. The van der Waals surface area contributed by atoms with E-state index < -0.39 is 16.1 Å². The van der Waals surface area contributed by atoms with Crippen LogP contribution in [0.3, 0.4) is 0 Å². The van der Waals surface area contributed by atoms with Crippen molar-refractivity contribution < 1.29 is 18.0 Å². The summed E-state index contributed by atoms with van der Waals surface area (Å²) in [4.78, 5) is 27.5. The Morgan fingerprint density at radius 1 is 0.970 bits per heavy atom. The van der Waals surface area contributed by atoms with Gasteiger partial charge in [0.2, 0.25) is 15.9 Å². The van der Waals surface area contributed by atoms with Crippen molar-refractivity contribution in [2.24, 2.45) is 5.92 Å². The van der Waals surface area contributed by atoms with Crippen LogP contribution >= 0.6 is 0 Å². The zero-order valence-corrected chi connectivity index (χ0v) is 19.8. The number of carbonyl (C=O) groups excluding carboxylic acids is 2. The first-order valence-electron chi connectivity index (χ1n) is 10.8. The summed E-state index contributed by atoms with van der Waals surface area (Å²) in [7, 11) is -3.72. The van der Waals surface area contributed by atoms with Gasteiger partial charge in [-0.2, -0.15) is 9.57 Å². The molecule has 2 amide bonds. The molecule has 0 unspecified atom stereocenters. The van der Waals surface area contributed by atoms with E-state index in [0.717, 1.165) is 5.56 Å². The van der Waals surface area contributed by atoms with Crippen LogP contribution in [0.1, 0.15) is 35.3 Å². The summed E-state index contributed by atoms with van der Waals surface area (Å²) >= 11 is 0. The van der Waals surface area contributed by atoms with Gasteiger partial charge in [0.05, 0.1) is 16.5 Å². The predicted molar refractivity (Wildman–Crippen MR) is 124 cm³/mol. The second-order valence-corrected chi connectivity index (χ2v) is 10.4. The Morgan fingerprint density at radius 3 is 2.06 bits per heavy atom. The first kappa shape index (κ1) is 24.4. The van der Waals surface area contributed by atoms with E-state index in [4.69, 9.17) is 5.26 Å². The molecule has 1 fully saturated rings. The van der Waals surface area contributed by atoms with Crippen molar-refractivity contribution in [2.75, 3.05) is 26.2 Å². The van der Waals surface area contributed by atoms with E-state index in [2.05, 4.69) is 5.32 Å². The first-order chi connectivity index (χ1) is 15.6. The molecule has 2 aromatic carbocycles. The Balaban J connectivity index is 1.65. The summed E-state index contributed by atoms with van der Waals surface area (Å²) < 4.78 is 27.2. The maximum absolute atomic E-state index is 13.2. The molecule has 3 rings (SSSR count). The zero-order valence-electron chi connectivity index (χ0n) is 19.0. The van der Waals surface area contributed by atoms with Crippen molar-refractivity contribution in [3.63, 3.8) is 0 Å². The molecular weight excluding hydrogens is 440 g/mol. The van der Waals surface area contributed by atoms with Gasteiger partial charge in [0.1, 0.15) is 6.04 Å². The van der Waals surface area contributed by atoms with E-state index >= 15 is 0 Å². The molecule has 2 aromatic rings. The SMILES string of the molecule is Cc1ccc(C(=O)N[C@H](C(=O)N2CCN(S(=O)(=O)c3ccc(C#N)cc3)CC2)C(C)C)cc1. The third-order valence-corrected chi connectivity index (χ3v) is 7.62. The minimum absolute atomic E-state index is 0.117. The minimum Gasteiger partial charge on any atom is -0.340 e. The number of hydrogen-bond donors (Lipinski definition) is 1. The van der Waals surface area contributed by atoms with Crippen LogP contribution in [0, 0.1) is 24.2 Å². The number of hydrogen-bond acceptors (Lipinski definition) is 5. The molecule has 33 heavy (non-hydrogen) atoms. The van der Waals surface area contributed by atoms with Crippen molar-refractivity contribution in [3.05, 3.63) is 65.2 Å². The monoisotopic (exact) mass is 468 g/mol. The van der Waals surface area contributed by atoms with Crippen molar-refractivity contribution in [1.29, 1.82) is 5.26 Å².